The van der Waals surface area contributed by atoms with Gasteiger partial charge in [0.05, 0.1) is 23.9 Å². The molecule has 1 aromatic heterocycles. The molecule has 10 nitrogen and oxygen atoms in total. The monoisotopic (exact) mass is 483 g/mol. The second kappa shape index (κ2) is 11.7. The molecule has 188 valence electrons. The fourth-order valence-corrected chi connectivity index (χ4v) is 4.01. The number of carbonyl (C=O) groups is 3. The fourth-order valence-electron chi connectivity index (χ4n) is 4.01. The Morgan fingerprint density at radius 2 is 2.00 bits per heavy atom. The highest BCUT2D eigenvalue weighted by molar-refractivity contribution is 6.03. The molecule has 0 spiro atoms. The maximum absolute atomic E-state index is 13.3. The van der Waals surface area contributed by atoms with Gasteiger partial charge in [0.1, 0.15) is 18.1 Å². The second-order valence-electron chi connectivity index (χ2n) is 8.75. The highest BCUT2D eigenvalue weighted by Gasteiger charge is 2.30. The summed E-state index contributed by atoms with van der Waals surface area (Å²) in [6, 6.07) is 4.63. The number of anilines is 1. The zero-order valence-corrected chi connectivity index (χ0v) is 20.9. The standard InChI is InChI=1S/C25H33N5O5/c1-6-23(31)30-13-16(2)22(34-5)14-29(4)25(33)19-8-7-18(11-21(19)35-15-17(30)3)28-24(32)20-12-26-9-10-27-20/h7-12,16-17,22H,6,13-15H2,1-5H3,(H,28,32)/t16-,17-,22+/m1/s1. The molecular formula is C25H33N5O5. The first kappa shape index (κ1) is 26.1. The molecule has 1 aliphatic heterocycles. The van der Waals surface area contributed by atoms with Gasteiger partial charge < -0.3 is 24.6 Å². The van der Waals surface area contributed by atoms with Crippen LogP contribution in [0.4, 0.5) is 5.69 Å². The Bertz CT molecular complexity index is 1050. The summed E-state index contributed by atoms with van der Waals surface area (Å²) in [5.74, 6) is -0.312. The van der Waals surface area contributed by atoms with E-state index in [0.29, 0.717) is 36.5 Å². The highest BCUT2D eigenvalue weighted by atomic mass is 16.5. The van der Waals surface area contributed by atoms with Gasteiger partial charge in [-0.3, -0.25) is 19.4 Å². The lowest BCUT2D eigenvalue weighted by Crippen LogP contribution is -2.48. The number of benzene rings is 1. The smallest absolute Gasteiger partial charge is 0.275 e. The van der Waals surface area contributed by atoms with Crippen molar-refractivity contribution < 1.29 is 23.9 Å². The molecule has 0 radical (unpaired) electrons. The van der Waals surface area contributed by atoms with Crippen LogP contribution < -0.4 is 10.1 Å². The number of hydrogen-bond donors (Lipinski definition) is 1. The highest BCUT2D eigenvalue weighted by Crippen LogP contribution is 2.27. The van der Waals surface area contributed by atoms with Crippen LogP contribution in [0.15, 0.2) is 36.8 Å². The Kier molecular flexibility index (Phi) is 8.75. The van der Waals surface area contributed by atoms with Crippen LogP contribution >= 0.6 is 0 Å². The summed E-state index contributed by atoms with van der Waals surface area (Å²) in [4.78, 5) is 49.8. The number of likely N-dealkylation sites (N-methyl/N-ethyl adjacent to an activating group) is 1. The third-order valence-corrected chi connectivity index (χ3v) is 6.12. The number of nitrogens with zero attached hydrogens (tertiary/aromatic N) is 4. The van der Waals surface area contributed by atoms with Gasteiger partial charge in [0.15, 0.2) is 0 Å². The largest absolute Gasteiger partial charge is 0.491 e. The molecule has 3 amide bonds. The summed E-state index contributed by atoms with van der Waals surface area (Å²) >= 11 is 0. The van der Waals surface area contributed by atoms with Crippen molar-refractivity contribution in [3.05, 3.63) is 48.0 Å². The Morgan fingerprint density at radius 3 is 2.66 bits per heavy atom. The average Bonchev–Trinajstić information content (AvgIpc) is 2.87. The number of aromatic nitrogens is 2. The third-order valence-electron chi connectivity index (χ3n) is 6.12. The minimum Gasteiger partial charge on any atom is -0.491 e. The van der Waals surface area contributed by atoms with E-state index >= 15 is 0 Å². The molecule has 0 saturated heterocycles. The van der Waals surface area contributed by atoms with Crippen LogP contribution in [0.3, 0.4) is 0 Å². The summed E-state index contributed by atoms with van der Waals surface area (Å²) in [6.45, 7) is 6.78. The van der Waals surface area contributed by atoms with E-state index in [-0.39, 0.29) is 42.2 Å². The van der Waals surface area contributed by atoms with Gasteiger partial charge in [-0.05, 0) is 19.1 Å². The first-order valence-corrected chi connectivity index (χ1v) is 11.7. The third kappa shape index (κ3) is 6.33. The quantitative estimate of drug-likeness (QED) is 0.711. The lowest BCUT2D eigenvalue weighted by Gasteiger charge is -2.36. The Balaban J connectivity index is 1.94. The van der Waals surface area contributed by atoms with Crippen LogP contribution in [0.2, 0.25) is 0 Å². The molecule has 10 heteroatoms. The Morgan fingerprint density at radius 1 is 1.23 bits per heavy atom. The second-order valence-corrected chi connectivity index (χ2v) is 8.75. The van der Waals surface area contributed by atoms with Crippen molar-refractivity contribution in [2.24, 2.45) is 5.92 Å². The van der Waals surface area contributed by atoms with Crippen LogP contribution in [0.1, 0.15) is 48.0 Å². The SMILES string of the molecule is CCC(=O)N1C[C@@H](C)[C@@H](OC)CN(C)C(=O)c2ccc(NC(=O)c3cnccn3)cc2OC[C@H]1C. The molecular weight excluding hydrogens is 450 g/mol. The number of rotatable bonds is 4. The lowest BCUT2D eigenvalue weighted by molar-refractivity contribution is -0.135. The molecule has 0 bridgehead atoms. The van der Waals surface area contributed by atoms with Gasteiger partial charge in [-0.15, -0.1) is 0 Å². The molecule has 0 fully saturated rings. The van der Waals surface area contributed by atoms with Crippen LogP contribution in [-0.2, 0) is 9.53 Å². The molecule has 0 saturated carbocycles. The van der Waals surface area contributed by atoms with Crippen molar-refractivity contribution in [2.75, 3.05) is 39.2 Å². The van der Waals surface area contributed by atoms with Crippen molar-refractivity contribution in [2.45, 2.75) is 39.3 Å². The maximum Gasteiger partial charge on any atom is 0.275 e. The first-order valence-electron chi connectivity index (χ1n) is 11.7. The topological polar surface area (TPSA) is 114 Å². The zero-order chi connectivity index (χ0) is 25.5. The lowest BCUT2D eigenvalue weighted by atomic mass is 10.0. The molecule has 1 N–H and O–H groups in total. The first-order chi connectivity index (χ1) is 16.7. The Labute approximate surface area is 205 Å². The summed E-state index contributed by atoms with van der Waals surface area (Å²) in [5.41, 5.74) is 0.965. The molecule has 0 aliphatic carbocycles. The number of nitrogens with one attached hydrogen (secondary N) is 1. The van der Waals surface area contributed by atoms with Crippen molar-refractivity contribution >= 4 is 23.4 Å². The van der Waals surface area contributed by atoms with Crippen molar-refractivity contribution in [1.82, 2.24) is 19.8 Å². The molecule has 0 unspecified atom stereocenters. The summed E-state index contributed by atoms with van der Waals surface area (Å²) in [5, 5.41) is 2.76. The van der Waals surface area contributed by atoms with Gasteiger partial charge in [-0.25, -0.2) is 4.98 Å². The van der Waals surface area contributed by atoms with Crippen LogP contribution in [0.25, 0.3) is 0 Å². The molecule has 2 aromatic rings. The zero-order valence-electron chi connectivity index (χ0n) is 20.9. The summed E-state index contributed by atoms with van der Waals surface area (Å²) in [7, 11) is 3.32. The summed E-state index contributed by atoms with van der Waals surface area (Å²) in [6.07, 6.45) is 4.41. The van der Waals surface area contributed by atoms with Crippen molar-refractivity contribution in [3.63, 3.8) is 0 Å². The van der Waals surface area contributed by atoms with Crippen LogP contribution in [0.5, 0.6) is 5.75 Å². The van der Waals surface area contributed by atoms with Crippen molar-refractivity contribution in [1.29, 1.82) is 0 Å². The minimum absolute atomic E-state index is 0.00534. The number of methoxy groups -OCH3 is 1. The van der Waals surface area contributed by atoms with E-state index in [1.54, 1.807) is 42.2 Å². The van der Waals surface area contributed by atoms with Gasteiger partial charge >= 0.3 is 0 Å². The van der Waals surface area contributed by atoms with E-state index in [1.807, 2.05) is 20.8 Å². The maximum atomic E-state index is 13.3. The molecule has 3 rings (SSSR count). The van der Waals surface area contributed by atoms with Crippen LogP contribution in [-0.4, -0.2) is 83.5 Å². The predicted octanol–water partition coefficient (Wildman–Crippen LogP) is 2.47. The van der Waals surface area contributed by atoms with Crippen molar-refractivity contribution in [3.8, 4) is 5.75 Å². The van der Waals surface area contributed by atoms with E-state index in [1.165, 1.54) is 18.6 Å². The fraction of sp³-hybridized carbons (Fsp3) is 0.480. The Hall–Kier alpha value is -3.53. The number of ether oxygens (including phenoxy) is 2. The van der Waals surface area contributed by atoms with Crippen LogP contribution in [0, 0.1) is 5.92 Å². The minimum atomic E-state index is -0.431. The molecule has 35 heavy (non-hydrogen) atoms. The van der Waals surface area contributed by atoms with E-state index in [4.69, 9.17) is 9.47 Å². The average molecular weight is 484 g/mol. The molecule has 1 aromatic carbocycles. The van der Waals surface area contributed by atoms with E-state index in [0.717, 1.165) is 0 Å². The molecule has 1 aliphatic rings. The van der Waals surface area contributed by atoms with Gasteiger partial charge in [0, 0.05) is 63.7 Å². The van der Waals surface area contributed by atoms with Gasteiger partial charge in [-0.2, -0.15) is 0 Å². The molecule has 2 heterocycles. The normalized spacial score (nSPS) is 21.3. The van der Waals surface area contributed by atoms with Gasteiger partial charge in [0.2, 0.25) is 5.91 Å². The van der Waals surface area contributed by atoms with E-state index in [9.17, 15) is 14.4 Å². The van der Waals surface area contributed by atoms with Gasteiger partial charge in [-0.1, -0.05) is 13.8 Å². The van der Waals surface area contributed by atoms with E-state index in [2.05, 4.69) is 15.3 Å². The number of amides is 3. The number of fused-ring (bicyclic) bond motifs is 1. The van der Waals surface area contributed by atoms with E-state index < -0.39 is 5.91 Å². The van der Waals surface area contributed by atoms with Gasteiger partial charge in [0.25, 0.3) is 11.8 Å². The summed E-state index contributed by atoms with van der Waals surface area (Å²) < 4.78 is 11.8. The number of hydrogen-bond acceptors (Lipinski definition) is 7. The molecule has 3 atom stereocenters. The number of carbonyl (C=O) groups excluding carboxylic acids is 3. The predicted molar refractivity (Wildman–Crippen MR) is 130 cm³/mol.